The summed E-state index contributed by atoms with van der Waals surface area (Å²) in [6.45, 7) is 2.03. The fourth-order valence-corrected chi connectivity index (χ4v) is 2.48. The molecule has 18 heavy (non-hydrogen) atoms. The maximum atomic E-state index is 12.2. The number of carbonyl (C=O) groups is 1. The Morgan fingerprint density at radius 1 is 1.39 bits per heavy atom. The molecule has 1 aliphatic carbocycles. The van der Waals surface area contributed by atoms with Gasteiger partial charge in [-0.3, -0.25) is 4.79 Å². The van der Waals surface area contributed by atoms with Crippen molar-refractivity contribution in [1.82, 2.24) is 0 Å². The molecule has 0 heterocycles. The molecule has 1 fully saturated rings. The van der Waals surface area contributed by atoms with Gasteiger partial charge in [0.05, 0.1) is 12.8 Å². The number of nitrogens with two attached hydrogens (primary N) is 1. The summed E-state index contributed by atoms with van der Waals surface area (Å²) < 4.78 is 5.09. The predicted octanol–water partition coefficient (Wildman–Crippen LogP) is 2.80. The van der Waals surface area contributed by atoms with E-state index >= 15 is 0 Å². The molecule has 2 rings (SSSR count). The minimum atomic E-state index is -0.227. The monoisotopic (exact) mass is 248 g/mol. The molecule has 1 aromatic rings. The summed E-state index contributed by atoms with van der Waals surface area (Å²) in [5.74, 6) is 0.713. The Bertz CT molecular complexity index is 451. The number of amides is 1. The van der Waals surface area contributed by atoms with Crippen LogP contribution in [0.3, 0.4) is 0 Å². The molecule has 0 radical (unpaired) electrons. The van der Waals surface area contributed by atoms with E-state index in [2.05, 4.69) is 5.32 Å². The van der Waals surface area contributed by atoms with Gasteiger partial charge in [0, 0.05) is 11.1 Å². The van der Waals surface area contributed by atoms with Gasteiger partial charge < -0.3 is 15.8 Å². The number of carbonyl (C=O) groups excluding carboxylic acids is 1. The first-order valence-electron chi connectivity index (χ1n) is 6.30. The van der Waals surface area contributed by atoms with Crippen LogP contribution in [0.15, 0.2) is 18.2 Å². The van der Waals surface area contributed by atoms with E-state index in [0.29, 0.717) is 11.4 Å². The molecule has 1 aliphatic rings. The second-order valence-electron chi connectivity index (χ2n) is 5.18. The predicted molar refractivity (Wildman–Crippen MR) is 72.6 cm³/mol. The number of hydrogen-bond donors (Lipinski definition) is 2. The first-order chi connectivity index (χ1) is 8.55. The summed E-state index contributed by atoms with van der Waals surface area (Å²) in [6, 6.07) is 5.31. The first kappa shape index (κ1) is 12.7. The summed E-state index contributed by atoms with van der Waals surface area (Å²) >= 11 is 0. The number of benzene rings is 1. The zero-order valence-corrected chi connectivity index (χ0v) is 11.0. The molecule has 0 aromatic heterocycles. The maximum Gasteiger partial charge on any atom is 0.230 e. The molecule has 1 saturated carbocycles. The van der Waals surface area contributed by atoms with Crippen molar-refractivity contribution in [3.05, 3.63) is 18.2 Å². The highest BCUT2D eigenvalue weighted by Crippen LogP contribution is 2.38. The van der Waals surface area contributed by atoms with Crippen LogP contribution >= 0.6 is 0 Å². The maximum absolute atomic E-state index is 12.2. The third-order valence-corrected chi connectivity index (χ3v) is 3.74. The van der Waals surface area contributed by atoms with Crippen LogP contribution < -0.4 is 15.8 Å². The van der Waals surface area contributed by atoms with Gasteiger partial charge in [0.2, 0.25) is 5.91 Å². The SMILES string of the molecule is COc1ccc(NC(=O)C2(C)CCCC2)cc1N. The van der Waals surface area contributed by atoms with Gasteiger partial charge in [-0.2, -0.15) is 0 Å². The molecule has 0 spiro atoms. The molecule has 98 valence electrons. The summed E-state index contributed by atoms with van der Waals surface area (Å²) in [5, 5.41) is 2.94. The fourth-order valence-electron chi connectivity index (χ4n) is 2.48. The molecule has 0 atom stereocenters. The van der Waals surface area contributed by atoms with Crippen molar-refractivity contribution in [1.29, 1.82) is 0 Å². The highest BCUT2D eigenvalue weighted by atomic mass is 16.5. The third kappa shape index (κ3) is 2.42. The average molecular weight is 248 g/mol. The van der Waals surface area contributed by atoms with E-state index in [1.54, 1.807) is 19.2 Å². The van der Waals surface area contributed by atoms with E-state index in [0.717, 1.165) is 31.4 Å². The van der Waals surface area contributed by atoms with Gasteiger partial charge in [-0.15, -0.1) is 0 Å². The first-order valence-corrected chi connectivity index (χ1v) is 6.30. The van der Waals surface area contributed by atoms with Gasteiger partial charge in [-0.25, -0.2) is 0 Å². The molecular formula is C14H20N2O2. The molecule has 3 N–H and O–H groups in total. The molecule has 0 saturated heterocycles. The Labute approximate surface area is 108 Å². The van der Waals surface area contributed by atoms with Crippen LogP contribution in [0.4, 0.5) is 11.4 Å². The van der Waals surface area contributed by atoms with Crippen LogP contribution in [0.2, 0.25) is 0 Å². The van der Waals surface area contributed by atoms with E-state index in [4.69, 9.17) is 10.5 Å². The second kappa shape index (κ2) is 4.88. The number of hydrogen-bond acceptors (Lipinski definition) is 3. The summed E-state index contributed by atoms with van der Waals surface area (Å²) in [4.78, 5) is 12.2. The van der Waals surface area contributed by atoms with Crippen molar-refractivity contribution < 1.29 is 9.53 Å². The lowest BCUT2D eigenvalue weighted by Crippen LogP contribution is -2.30. The second-order valence-corrected chi connectivity index (χ2v) is 5.18. The molecule has 4 heteroatoms. The minimum Gasteiger partial charge on any atom is -0.495 e. The van der Waals surface area contributed by atoms with Crippen molar-refractivity contribution in [2.24, 2.45) is 5.41 Å². The summed E-state index contributed by atoms with van der Waals surface area (Å²) in [5.41, 5.74) is 6.85. The lowest BCUT2D eigenvalue weighted by molar-refractivity contribution is -0.124. The van der Waals surface area contributed by atoms with Crippen molar-refractivity contribution in [3.8, 4) is 5.75 Å². The Morgan fingerprint density at radius 3 is 2.61 bits per heavy atom. The number of ether oxygens (including phenoxy) is 1. The lowest BCUT2D eigenvalue weighted by atomic mass is 9.88. The van der Waals surface area contributed by atoms with Gasteiger partial charge in [-0.1, -0.05) is 19.8 Å². The van der Waals surface area contributed by atoms with Gasteiger partial charge in [0.15, 0.2) is 0 Å². The van der Waals surface area contributed by atoms with Gasteiger partial charge in [-0.05, 0) is 31.0 Å². The molecular weight excluding hydrogens is 228 g/mol. The van der Waals surface area contributed by atoms with Crippen LogP contribution in [-0.4, -0.2) is 13.0 Å². The van der Waals surface area contributed by atoms with Crippen LogP contribution in [0.1, 0.15) is 32.6 Å². The quantitative estimate of drug-likeness (QED) is 0.808. The third-order valence-electron chi connectivity index (χ3n) is 3.74. The molecule has 0 unspecified atom stereocenters. The highest BCUT2D eigenvalue weighted by Gasteiger charge is 2.36. The van der Waals surface area contributed by atoms with E-state index in [9.17, 15) is 4.79 Å². The van der Waals surface area contributed by atoms with Crippen molar-refractivity contribution >= 4 is 17.3 Å². The van der Waals surface area contributed by atoms with Crippen LogP contribution in [0.5, 0.6) is 5.75 Å². The van der Waals surface area contributed by atoms with Gasteiger partial charge in [0.25, 0.3) is 0 Å². The number of rotatable bonds is 3. The minimum absolute atomic E-state index is 0.0876. The Morgan fingerprint density at radius 2 is 2.06 bits per heavy atom. The molecule has 4 nitrogen and oxygen atoms in total. The topological polar surface area (TPSA) is 64.3 Å². The van der Waals surface area contributed by atoms with E-state index in [1.807, 2.05) is 13.0 Å². The highest BCUT2D eigenvalue weighted by molar-refractivity contribution is 5.95. The summed E-state index contributed by atoms with van der Waals surface area (Å²) in [6.07, 6.45) is 4.19. The lowest BCUT2D eigenvalue weighted by Gasteiger charge is -2.22. The largest absolute Gasteiger partial charge is 0.495 e. The van der Waals surface area contributed by atoms with Gasteiger partial charge >= 0.3 is 0 Å². The van der Waals surface area contributed by atoms with E-state index in [1.165, 1.54) is 0 Å². The molecule has 1 amide bonds. The molecule has 1 aromatic carbocycles. The van der Waals surface area contributed by atoms with Crippen molar-refractivity contribution in [2.75, 3.05) is 18.2 Å². The Kier molecular flexibility index (Phi) is 3.45. The van der Waals surface area contributed by atoms with E-state index in [-0.39, 0.29) is 11.3 Å². The molecule has 0 bridgehead atoms. The standard InChI is InChI=1S/C14H20N2O2/c1-14(7-3-4-8-14)13(17)16-10-5-6-12(18-2)11(15)9-10/h5-6,9H,3-4,7-8,15H2,1-2H3,(H,16,17). The normalized spacial score (nSPS) is 17.4. The Balaban J connectivity index is 2.09. The zero-order chi connectivity index (χ0) is 13.2. The number of nitrogen functional groups attached to an aromatic ring is 1. The number of nitrogens with one attached hydrogen (secondary N) is 1. The summed E-state index contributed by atoms with van der Waals surface area (Å²) in [7, 11) is 1.57. The number of anilines is 2. The molecule has 0 aliphatic heterocycles. The van der Waals surface area contributed by atoms with Crippen LogP contribution in [0, 0.1) is 5.41 Å². The zero-order valence-electron chi connectivity index (χ0n) is 11.0. The van der Waals surface area contributed by atoms with Crippen LogP contribution in [-0.2, 0) is 4.79 Å². The fraction of sp³-hybridized carbons (Fsp3) is 0.500. The Hall–Kier alpha value is -1.71. The van der Waals surface area contributed by atoms with Gasteiger partial charge in [0.1, 0.15) is 5.75 Å². The van der Waals surface area contributed by atoms with Crippen LogP contribution in [0.25, 0.3) is 0 Å². The van der Waals surface area contributed by atoms with Crippen molar-refractivity contribution in [2.45, 2.75) is 32.6 Å². The average Bonchev–Trinajstić information content (AvgIpc) is 2.78. The smallest absolute Gasteiger partial charge is 0.230 e. The number of methoxy groups -OCH3 is 1. The van der Waals surface area contributed by atoms with E-state index < -0.39 is 0 Å². The van der Waals surface area contributed by atoms with Crippen molar-refractivity contribution in [3.63, 3.8) is 0 Å².